The van der Waals surface area contributed by atoms with Crippen molar-refractivity contribution in [3.63, 3.8) is 0 Å². The number of aromatic nitrogens is 2. The summed E-state index contributed by atoms with van der Waals surface area (Å²) in [7, 11) is 0. The first-order valence-corrected chi connectivity index (χ1v) is 7.83. The minimum atomic E-state index is 0.313. The van der Waals surface area contributed by atoms with E-state index in [2.05, 4.69) is 29.4 Å². The van der Waals surface area contributed by atoms with Gasteiger partial charge in [0.2, 0.25) is 5.88 Å². The first-order valence-electron chi connectivity index (χ1n) is 7.83. The third-order valence-electron chi connectivity index (χ3n) is 4.42. The van der Waals surface area contributed by atoms with Gasteiger partial charge in [-0.05, 0) is 50.0 Å². The maximum atomic E-state index is 5.95. The van der Waals surface area contributed by atoms with Crippen LogP contribution in [0.25, 0.3) is 0 Å². The monoisotopic (exact) mass is 275 g/mol. The quantitative estimate of drug-likeness (QED) is 0.897. The molecule has 0 bridgehead atoms. The molecule has 20 heavy (non-hydrogen) atoms. The van der Waals surface area contributed by atoms with Crippen molar-refractivity contribution in [2.45, 2.75) is 71.1 Å². The zero-order chi connectivity index (χ0) is 14.0. The number of nitrogens with one attached hydrogen (secondary N) is 1. The predicted octanol–water partition coefficient (Wildman–Crippen LogP) is 3.08. The van der Waals surface area contributed by atoms with Crippen LogP contribution in [0.5, 0.6) is 5.88 Å². The highest BCUT2D eigenvalue weighted by Crippen LogP contribution is 2.36. The van der Waals surface area contributed by atoms with E-state index >= 15 is 0 Å². The van der Waals surface area contributed by atoms with Crippen LogP contribution >= 0.6 is 0 Å². The van der Waals surface area contributed by atoms with Gasteiger partial charge >= 0.3 is 0 Å². The summed E-state index contributed by atoms with van der Waals surface area (Å²) < 4.78 is 5.95. The SMILES string of the molecule is CC1(C)CCC(Oc2ccc(CNC3CC3)nn2)CC1. The number of hydrogen-bond donors (Lipinski definition) is 1. The van der Waals surface area contributed by atoms with Crippen molar-refractivity contribution < 1.29 is 4.74 Å². The van der Waals surface area contributed by atoms with Crippen LogP contribution in [0.2, 0.25) is 0 Å². The molecule has 2 aliphatic rings. The minimum absolute atomic E-state index is 0.313. The lowest BCUT2D eigenvalue weighted by atomic mass is 9.76. The fraction of sp³-hybridized carbons (Fsp3) is 0.750. The topological polar surface area (TPSA) is 47.0 Å². The van der Waals surface area contributed by atoms with E-state index < -0.39 is 0 Å². The van der Waals surface area contributed by atoms with E-state index in [9.17, 15) is 0 Å². The summed E-state index contributed by atoms with van der Waals surface area (Å²) in [6.07, 6.45) is 7.62. The molecule has 0 radical (unpaired) electrons. The Morgan fingerprint density at radius 3 is 2.50 bits per heavy atom. The molecule has 2 fully saturated rings. The highest BCUT2D eigenvalue weighted by atomic mass is 16.5. The highest BCUT2D eigenvalue weighted by molar-refractivity contribution is 5.12. The Kier molecular flexibility index (Phi) is 3.92. The molecule has 2 saturated carbocycles. The van der Waals surface area contributed by atoms with Gasteiger partial charge in [-0.2, -0.15) is 5.10 Å². The molecule has 1 aromatic heterocycles. The molecule has 1 heterocycles. The standard InChI is InChI=1S/C16H25N3O/c1-16(2)9-7-14(8-10-16)20-15-6-5-13(18-19-15)11-17-12-3-4-12/h5-6,12,14,17H,3-4,7-11H2,1-2H3. The second-order valence-corrected chi connectivity index (χ2v) is 7.00. The van der Waals surface area contributed by atoms with Crippen molar-refractivity contribution in [3.8, 4) is 5.88 Å². The van der Waals surface area contributed by atoms with E-state index in [4.69, 9.17) is 4.74 Å². The molecule has 0 unspecified atom stereocenters. The van der Waals surface area contributed by atoms with E-state index in [0.717, 1.165) is 25.1 Å². The molecule has 4 heteroatoms. The summed E-state index contributed by atoms with van der Waals surface area (Å²) in [4.78, 5) is 0. The molecule has 0 aromatic carbocycles. The number of hydrogen-bond acceptors (Lipinski definition) is 4. The van der Waals surface area contributed by atoms with Crippen molar-refractivity contribution in [3.05, 3.63) is 17.8 Å². The number of rotatable bonds is 5. The van der Waals surface area contributed by atoms with Crippen molar-refractivity contribution >= 4 is 0 Å². The summed E-state index contributed by atoms with van der Waals surface area (Å²) in [5.41, 5.74) is 1.47. The molecular weight excluding hydrogens is 250 g/mol. The van der Waals surface area contributed by atoms with E-state index in [1.54, 1.807) is 0 Å². The highest BCUT2D eigenvalue weighted by Gasteiger charge is 2.28. The minimum Gasteiger partial charge on any atom is -0.473 e. The Balaban J connectivity index is 1.47. The summed E-state index contributed by atoms with van der Waals surface area (Å²) in [5, 5.41) is 11.9. The maximum absolute atomic E-state index is 5.95. The Morgan fingerprint density at radius 1 is 1.15 bits per heavy atom. The molecule has 0 aliphatic heterocycles. The van der Waals surface area contributed by atoms with Gasteiger partial charge in [0.1, 0.15) is 6.10 Å². The van der Waals surface area contributed by atoms with E-state index in [1.807, 2.05) is 12.1 Å². The molecule has 2 aliphatic carbocycles. The maximum Gasteiger partial charge on any atom is 0.233 e. The second kappa shape index (κ2) is 5.68. The summed E-state index contributed by atoms with van der Waals surface area (Å²) in [5.74, 6) is 0.671. The zero-order valence-electron chi connectivity index (χ0n) is 12.6. The van der Waals surface area contributed by atoms with Crippen LogP contribution < -0.4 is 10.1 Å². The van der Waals surface area contributed by atoms with Crippen molar-refractivity contribution in [2.75, 3.05) is 0 Å². The van der Waals surface area contributed by atoms with Crippen molar-refractivity contribution in [2.24, 2.45) is 5.41 Å². The Bertz CT molecular complexity index is 430. The van der Waals surface area contributed by atoms with Crippen LogP contribution in [-0.2, 0) is 6.54 Å². The second-order valence-electron chi connectivity index (χ2n) is 7.00. The summed E-state index contributed by atoms with van der Waals surface area (Å²) in [6, 6.07) is 4.68. The van der Waals surface area contributed by atoms with Gasteiger partial charge in [0, 0.05) is 18.7 Å². The first-order chi connectivity index (χ1) is 9.61. The van der Waals surface area contributed by atoms with Crippen molar-refractivity contribution in [1.29, 1.82) is 0 Å². The van der Waals surface area contributed by atoms with Gasteiger partial charge in [0.15, 0.2) is 0 Å². The van der Waals surface area contributed by atoms with Crippen LogP contribution in [-0.4, -0.2) is 22.3 Å². The van der Waals surface area contributed by atoms with Gasteiger partial charge in [-0.15, -0.1) is 5.10 Å². The Hall–Kier alpha value is -1.16. The summed E-state index contributed by atoms with van der Waals surface area (Å²) >= 11 is 0. The largest absolute Gasteiger partial charge is 0.473 e. The Labute approximate surface area is 121 Å². The fourth-order valence-corrected chi connectivity index (χ4v) is 2.70. The average molecular weight is 275 g/mol. The smallest absolute Gasteiger partial charge is 0.233 e. The number of nitrogens with zero attached hydrogens (tertiary/aromatic N) is 2. The molecule has 110 valence electrons. The molecule has 3 rings (SSSR count). The predicted molar refractivity (Wildman–Crippen MR) is 78.6 cm³/mol. The third-order valence-corrected chi connectivity index (χ3v) is 4.42. The normalized spacial score (nSPS) is 22.7. The lowest BCUT2D eigenvalue weighted by Crippen LogP contribution is -2.28. The third kappa shape index (κ3) is 3.92. The van der Waals surface area contributed by atoms with Crippen LogP contribution in [0, 0.1) is 5.41 Å². The van der Waals surface area contributed by atoms with Gasteiger partial charge in [-0.25, -0.2) is 0 Å². The van der Waals surface area contributed by atoms with Gasteiger partial charge in [-0.1, -0.05) is 13.8 Å². The Morgan fingerprint density at radius 2 is 1.90 bits per heavy atom. The van der Waals surface area contributed by atoms with E-state index in [1.165, 1.54) is 25.7 Å². The first kappa shape index (κ1) is 13.8. The van der Waals surface area contributed by atoms with Gasteiger partial charge in [-0.3, -0.25) is 0 Å². The van der Waals surface area contributed by atoms with Crippen LogP contribution in [0.1, 0.15) is 58.1 Å². The average Bonchev–Trinajstić information content (AvgIpc) is 3.25. The molecular formula is C16H25N3O. The van der Waals surface area contributed by atoms with Crippen LogP contribution in [0.15, 0.2) is 12.1 Å². The van der Waals surface area contributed by atoms with Crippen LogP contribution in [0.4, 0.5) is 0 Å². The molecule has 0 amide bonds. The van der Waals surface area contributed by atoms with Gasteiger partial charge in [0.25, 0.3) is 0 Å². The van der Waals surface area contributed by atoms with Gasteiger partial charge in [0.05, 0.1) is 5.69 Å². The molecule has 1 aromatic rings. The molecule has 0 spiro atoms. The summed E-state index contributed by atoms with van der Waals surface area (Å²) in [6.45, 7) is 5.49. The number of ether oxygens (including phenoxy) is 1. The van der Waals surface area contributed by atoms with E-state index in [0.29, 0.717) is 23.4 Å². The fourth-order valence-electron chi connectivity index (χ4n) is 2.70. The van der Waals surface area contributed by atoms with Crippen LogP contribution in [0.3, 0.4) is 0 Å². The van der Waals surface area contributed by atoms with Crippen molar-refractivity contribution in [1.82, 2.24) is 15.5 Å². The zero-order valence-corrected chi connectivity index (χ0v) is 12.6. The molecule has 1 N–H and O–H groups in total. The van der Waals surface area contributed by atoms with E-state index in [-0.39, 0.29) is 0 Å². The molecule has 4 nitrogen and oxygen atoms in total. The van der Waals surface area contributed by atoms with Gasteiger partial charge < -0.3 is 10.1 Å². The lowest BCUT2D eigenvalue weighted by molar-refractivity contribution is 0.0939. The lowest BCUT2D eigenvalue weighted by Gasteiger charge is -2.33. The molecule has 0 atom stereocenters. The molecule has 0 saturated heterocycles.